The smallest absolute Gasteiger partial charge is 0.261 e. The summed E-state index contributed by atoms with van der Waals surface area (Å²) in [5.74, 6) is 1.53. The van der Waals surface area contributed by atoms with Gasteiger partial charge in [0.1, 0.15) is 9.22 Å². The number of nitrogens with two attached hydrogens (primary N) is 1. The minimum Gasteiger partial charge on any atom is -0.493 e. The number of rotatable bonds is 5. The Balaban J connectivity index is 2.06. The zero-order valence-corrected chi connectivity index (χ0v) is 15.4. The van der Waals surface area contributed by atoms with Gasteiger partial charge in [0.05, 0.1) is 39.9 Å². The Morgan fingerprint density at radius 1 is 1.12 bits per heavy atom. The van der Waals surface area contributed by atoms with Crippen LogP contribution in [0, 0.1) is 3.70 Å². The fourth-order valence-electron chi connectivity index (χ4n) is 2.31. The first-order chi connectivity index (χ1) is 11.6. The van der Waals surface area contributed by atoms with Gasteiger partial charge in [0.2, 0.25) is 11.7 Å². The second-order valence-corrected chi connectivity index (χ2v) is 5.80. The van der Waals surface area contributed by atoms with Crippen molar-refractivity contribution in [2.75, 3.05) is 27.1 Å². The largest absolute Gasteiger partial charge is 0.493 e. The van der Waals surface area contributed by atoms with E-state index in [0.29, 0.717) is 44.5 Å². The van der Waals surface area contributed by atoms with E-state index in [1.165, 1.54) is 14.2 Å². The van der Waals surface area contributed by atoms with Crippen LogP contribution in [0.2, 0.25) is 0 Å². The normalized spacial score (nSPS) is 10.8. The van der Waals surface area contributed by atoms with E-state index in [1.807, 2.05) is 4.57 Å². The molecule has 0 aliphatic rings. The number of hydrogen-bond donors (Lipinski definition) is 1. The van der Waals surface area contributed by atoms with Crippen molar-refractivity contribution in [1.29, 1.82) is 0 Å². The van der Waals surface area contributed by atoms with E-state index >= 15 is 0 Å². The molecular formula is C14H15IN6O3. The number of nitrogens with zero attached hydrogens (tertiary/aromatic N) is 5. The van der Waals surface area contributed by atoms with Crippen molar-refractivity contribution in [2.45, 2.75) is 6.54 Å². The summed E-state index contributed by atoms with van der Waals surface area (Å²) in [7, 11) is 4.62. The highest BCUT2D eigenvalue weighted by atomic mass is 127. The Labute approximate surface area is 151 Å². The van der Waals surface area contributed by atoms with E-state index in [0.717, 1.165) is 0 Å². The Kier molecular flexibility index (Phi) is 4.55. The van der Waals surface area contributed by atoms with Crippen molar-refractivity contribution in [3.8, 4) is 17.4 Å². The lowest BCUT2D eigenvalue weighted by molar-refractivity contribution is 0.314. The van der Waals surface area contributed by atoms with E-state index in [1.54, 1.807) is 19.5 Å². The van der Waals surface area contributed by atoms with Crippen molar-refractivity contribution in [3.05, 3.63) is 21.8 Å². The quantitative estimate of drug-likeness (QED) is 0.468. The fourth-order valence-corrected chi connectivity index (χ4v) is 2.94. The molecule has 9 nitrogen and oxygen atoms in total. The zero-order chi connectivity index (χ0) is 17.3. The molecular weight excluding hydrogens is 427 g/mol. The van der Waals surface area contributed by atoms with E-state index in [4.69, 9.17) is 19.9 Å². The minimum absolute atomic E-state index is 0.200. The third-order valence-corrected chi connectivity index (χ3v) is 4.10. The lowest BCUT2D eigenvalue weighted by atomic mass is 10.3. The Bertz CT molecular complexity index is 873. The maximum Gasteiger partial charge on any atom is 0.261 e. The summed E-state index contributed by atoms with van der Waals surface area (Å²) in [5, 5.41) is 0. The SMILES string of the molecule is COc1cc(Cn2cnc3c(I)nc(N)nc32)nc(OC)c1OC. The maximum atomic E-state index is 5.74. The molecule has 0 radical (unpaired) electrons. The number of nitrogen functional groups attached to an aromatic ring is 1. The van der Waals surface area contributed by atoms with Crippen LogP contribution in [-0.4, -0.2) is 45.8 Å². The van der Waals surface area contributed by atoms with Gasteiger partial charge in [0, 0.05) is 6.07 Å². The predicted molar refractivity (Wildman–Crippen MR) is 95.4 cm³/mol. The Morgan fingerprint density at radius 2 is 1.92 bits per heavy atom. The number of anilines is 1. The van der Waals surface area contributed by atoms with Crippen LogP contribution in [0.15, 0.2) is 12.4 Å². The van der Waals surface area contributed by atoms with Crippen LogP contribution in [0.4, 0.5) is 5.95 Å². The molecule has 0 aliphatic carbocycles. The molecule has 24 heavy (non-hydrogen) atoms. The van der Waals surface area contributed by atoms with Crippen molar-refractivity contribution in [3.63, 3.8) is 0 Å². The van der Waals surface area contributed by atoms with E-state index in [-0.39, 0.29) is 5.95 Å². The second-order valence-electron chi connectivity index (χ2n) is 4.78. The molecule has 3 rings (SSSR count). The van der Waals surface area contributed by atoms with Crippen molar-refractivity contribution < 1.29 is 14.2 Å². The fraction of sp³-hybridized carbons (Fsp3) is 0.286. The highest BCUT2D eigenvalue weighted by Crippen LogP contribution is 2.36. The van der Waals surface area contributed by atoms with Crippen LogP contribution in [-0.2, 0) is 6.54 Å². The van der Waals surface area contributed by atoms with Gasteiger partial charge in [-0.1, -0.05) is 0 Å². The molecule has 2 N–H and O–H groups in total. The highest BCUT2D eigenvalue weighted by Gasteiger charge is 2.17. The molecule has 0 bridgehead atoms. The number of fused-ring (bicyclic) bond motifs is 1. The average Bonchev–Trinajstić information content (AvgIpc) is 2.96. The monoisotopic (exact) mass is 442 g/mol. The Hall–Kier alpha value is -2.37. The molecule has 3 aromatic rings. The molecule has 3 heterocycles. The predicted octanol–water partition coefficient (Wildman–Crippen LogP) is 1.48. The number of hydrogen-bond acceptors (Lipinski definition) is 8. The highest BCUT2D eigenvalue weighted by molar-refractivity contribution is 14.1. The third-order valence-electron chi connectivity index (χ3n) is 3.35. The first-order valence-electron chi connectivity index (χ1n) is 6.87. The van der Waals surface area contributed by atoms with Crippen LogP contribution >= 0.6 is 22.6 Å². The number of halogens is 1. The zero-order valence-electron chi connectivity index (χ0n) is 13.3. The summed E-state index contributed by atoms with van der Waals surface area (Å²) in [6.45, 7) is 0.416. The number of imidazole rings is 1. The number of aromatic nitrogens is 5. The van der Waals surface area contributed by atoms with E-state index in [9.17, 15) is 0 Å². The first kappa shape index (κ1) is 16.5. The summed E-state index contributed by atoms with van der Waals surface area (Å²) in [5.41, 5.74) is 7.77. The van der Waals surface area contributed by atoms with Gasteiger partial charge in [-0.2, -0.15) is 4.98 Å². The average molecular weight is 442 g/mol. The second kappa shape index (κ2) is 6.63. The van der Waals surface area contributed by atoms with E-state index in [2.05, 4.69) is 42.5 Å². The molecule has 0 unspecified atom stereocenters. The summed E-state index contributed by atoms with van der Waals surface area (Å²) in [6.07, 6.45) is 1.67. The number of ether oxygens (including phenoxy) is 3. The summed E-state index contributed by atoms with van der Waals surface area (Å²) < 4.78 is 18.4. The van der Waals surface area contributed by atoms with Gasteiger partial charge in [-0.3, -0.25) is 0 Å². The lowest BCUT2D eigenvalue weighted by Crippen LogP contribution is -2.06. The van der Waals surface area contributed by atoms with Gasteiger partial charge in [0.15, 0.2) is 11.4 Å². The first-order valence-corrected chi connectivity index (χ1v) is 7.95. The molecule has 0 amide bonds. The van der Waals surface area contributed by atoms with Gasteiger partial charge >= 0.3 is 0 Å². The molecule has 0 atom stereocenters. The molecule has 0 aromatic carbocycles. The van der Waals surface area contributed by atoms with Gasteiger partial charge in [0.25, 0.3) is 5.88 Å². The van der Waals surface area contributed by atoms with Crippen LogP contribution in [0.3, 0.4) is 0 Å². The van der Waals surface area contributed by atoms with Gasteiger partial charge in [-0.25, -0.2) is 15.0 Å². The molecule has 126 valence electrons. The van der Waals surface area contributed by atoms with Crippen LogP contribution in [0.5, 0.6) is 17.4 Å². The summed E-state index contributed by atoms with van der Waals surface area (Å²) in [4.78, 5) is 17.1. The van der Waals surface area contributed by atoms with Crippen molar-refractivity contribution >= 4 is 39.7 Å². The minimum atomic E-state index is 0.200. The van der Waals surface area contributed by atoms with Crippen molar-refractivity contribution in [2.24, 2.45) is 0 Å². The number of pyridine rings is 1. The van der Waals surface area contributed by atoms with Crippen molar-refractivity contribution in [1.82, 2.24) is 24.5 Å². The molecule has 0 saturated heterocycles. The molecule has 0 saturated carbocycles. The van der Waals surface area contributed by atoms with Gasteiger partial charge in [-0.05, 0) is 22.6 Å². The molecule has 0 spiro atoms. The van der Waals surface area contributed by atoms with Crippen LogP contribution in [0.25, 0.3) is 11.2 Å². The molecule has 10 heteroatoms. The number of methoxy groups -OCH3 is 3. The molecule has 0 aliphatic heterocycles. The van der Waals surface area contributed by atoms with Crippen LogP contribution < -0.4 is 19.9 Å². The summed E-state index contributed by atoms with van der Waals surface area (Å²) in [6, 6.07) is 1.78. The van der Waals surface area contributed by atoms with Gasteiger partial charge < -0.3 is 24.5 Å². The van der Waals surface area contributed by atoms with Gasteiger partial charge in [-0.15, -0.1) is 0 Å². The third kappa shape index (κ3) is 2.88. The van der Waals surface area contributed by atoms with E-state index < -0.39 is 0 Å². The molecule has 3 aromatic heterocycles. The Morgan fingerprint density at radius 3 is 2.58 bits per heavy atom. The lowest BCUT2D eigenvalue weighted by Gasteiger charge is -2.13. The standard InChI is InChI=1S/C14H15IN6O3/c1-22-8-4-7(18-13(24-3)10(8)23-2)5-21-6-17-9-11(15)19-14(16)20-12(9)21/h4,6H,5H2,1-3H3,(H2,16,19,20). The maximum absolute atomic E-state index is 5.74. The van der Waals surface area contributed by atoms with Crippen LogP contribution in [0.1, 0.15) is 5.69 Å². The summed E-state index contributed by atoms with van der Waals surface area (Å²) >= 11 is 2.08. The molecule has 0 fully saturated rings. The topological polar surface area (TPSA) is 110 Å².